The van der Waals surface area contributed by atoms with Crippen molar-refractivity contribution in [3.05, 3.63) is 30.3 Å². The third kappa shape index (κ3) is 1.70. The number of nitrogens with zero attached hydrogens (tertiary/aromatic N) is 3. The minimum Gasteiger partial charge on any atom is -0.242 e. The molecule has 1 aliphatic heterocycles. The largest absolute Gasteiger partial charge is 0.242 e. The van der Waals surface area contributed by atoms with Gasteiger partial charge in [0.2, 0.25) is 0 Å². The van der Waals surface area contributed by atoms with Gasteiger partial charge in [0, 0.05) is 0 Å². The van der Waals surface area contributed by atoms with E-state index in [0.29, 0.717) is 12.1 Å². The first-order chi connectivity index (χ1) is 7.95. The highest BCUT2D eigenvalue weighted by atomic mass is 15.6. The molecule has 0 spiro atoms. The van der Waals surface area contributed by atoms with Crippen LogP contribution in [-0.4, -0.2) is 12.1 Å². The Labute approximate surface area is 96.2 Å². The second-order valence-electron chi connectivity index (χ2n) is 4.66. The van der Waals surface area contributed by atoms with Crippen molar-refractivity contribution in [2.75, 3.05) is 5.01 Å². The van der Waals surface area contributed by atoms with Crippen LogP contribution in [0.3, 0.4) is 0 Å². The number of fused-ring (bicyclic) bond motifs is 1. The molecule has 1 fully saturated rings. The summed E-state index contributed by atoms with van der Waals surface area (Å²) < 4.78 is 0. The van der Waals surface area contributed by atoms with Gasteiger partial charge in [0.05, 0.1) is 17.8 Å². The van der Waals surface area contributed by atoms with Crippen LogP contribution in [0.25, 0.3) is 0 Å². The average molecular weight is 215 g/mol. The summed E-state index contributed by atoms with van der Waals surface area (Å²) in [6, 6.07) is 11.3. The van der Waals surface area contributed by atoms with E-state index in [9.17, 15) is 0 Å². The van der Waals surface area contributed by atoms with Gasteiger partial charge in [-0.05, 0) is 25.0 Å². The van der Waals surface area contributed by atoms with Gasteiger partial charge in [0.1, 0.15) is 0 Å². The number of anilines is 1. The van der Waals surface area contributed by atoms with Gasteiger partial charge in [-0.2, -0.15) is 5.11 Å². The van der Waals surface area contributed by atoms with E-state index in [-0.39, 0.29) is 0 Å². The Kier molecular flexibility index (Phi) is 2.60. The zero-order valence-electron chi connectivity index (χ0n) is 9.42. The standard InChI is InChI=1S/C13H17N3/c1-3-7-11(8-4-1)16-13-10-6-2-5-9-12(13)14-15-16/h1,3-4,7-8,12-13H,2,5-6,9-10H2. The Morgan fingerprint density at radius 2 is 1.81 bits per heavy atom. The zero-order chi connectivity index (χ0) is 10.8. The number of hydrogen-bond acceptors (Lipinski definition) is 3. The van der Waals surface area contributed by atoms with Crippen molar-refractivity contribution in [1.82, 2.24) is 0 Å². The molecular formula is C13H17N3. The Morgan fingerprint density at radius 3 is 2.69 bits per heavy atom. The van der Waals surface area contributed by atoms with E-state index in [2.05, 4.69) is 39.6 Å². The smallest absolute Gasteiger partial charge is 0.0954 e. The third-order valence-corrected chi connectivity index (χ3v) is 3.58. The van der Waals surface area contributed by atoms with E-state index in [1.165, 1.54) is 37.8 Å². The summed E-state index contributed by atoms with van der Waals surface area (Å²) in [6.45, 7) is 0. The molecule has 1 aromatic carbocycles. The molecule has 3 rings (SSSR count). The van der Waals surface area contributed by atoms with Crippen molar-refractivity contribution in [2.24, 2.45) is 10.3 Å². The fourth-order valence-electron chi connectivity index (χ4n) is 2.70. The lowest BCUT2D eigenvalue weighted by molar-refractivity contribution is 0.526. The van der Waals surface area contributed by atoms with Crippen LogP contribution in [0.2, 0.25) is 0 Å². The van der Waals surface area contributed by atoms with Crippen LogP contribution in [0.15, 0.2) is 40.7 Å². The maximum absolute atomic E-state index is 4.43. The van der Waals surface area contributed by atoms with Gasteiger partial charge in [-0.25, -0.2) is 5.01 Å². The van der Waals surface area contributed by atoms with Crippen molar-refractivity contribution in [2.45, 2.75) is 44.2 Å². The molecule has 1 heterocycles. The van der Waals surface area contributed by atoms with E-state index in [0.717, 1.165) is 0 Å². The molecule has 1 aromatic rings. The van der Waals surface area contributed by atoms with Crippen molar-refractivity contribution in [3.63, 3.8) is 0 Å². The van der Waals surface area contributed by atoms with Crippen LogP contribution >= 0.6 is 0 Å². The first-order valence-electron chi connectivity index (χ1n) is 6.20. The van der Waals surface area contributed by atoms with Gasteiger partial charge in [-0.1, -0.05) is 42.7 Å². The van der Waals surface area contributed by atoms with Gasteiger partial charge in [0.15, 0.2) is 0 Å². The molecule has 1 saturated carbocycles. The molecule has 3 nitrogen and oxygen atoms in total. The molecule has 2 atom stereocenters. The number of benzene rings is 1. The maximum atomic E-state index is 4.43. The second kappa shape index (κ2) is 4.24. The lowest BCUT2D eigenvalue weighted by atomic mass is 10.0. The van der Waals surface area contributed by atoms with Crippen LogP contribution < -0.4 is 5.01 Å². The Morgan fingerprint density at radius 1 is 1.00 bits per heavy atom. The number of hydrogen-bond donors (Lipinski definition) is 0. The summed E-state index contributed by atoms with van der Waals surface area (Å²) in [7, 11) is 0. The predicted octanol–water partition coefficient (Wildman–Crippen LogP) is 3.58. The highest BCUT2D eigenvalue weighted by Crippen LogP contribution is 2.33. The third-order valence-electron chi connectivity index (χ3n) is 3.58. The molecule has 0 aromatic heterocycles. The van der Waals surface area contributed by atoms with E-state index in [1.54, 1.807) is 0 Å². The van der Waals surface area contributed by atoms with E-state index in [1.807, 2.05) is 6.07 Å². The van der Waals surface area contributed by atoms with Gasteiger partial charge in [-0.15, -0.1) is 0 Å². The van der Waals surface area contributed by atoms with Gasteiger partial charge in [0.25, 0.3) is 0 Å². The summed E-state index contributed by atoms with van der Waals surface area (Å²) in [6.07, 6.45) is 6.41. The highest BCUT2D eigenvalue weighted by molar-refractivity contribution is 5.47. The Balaban J connectivity index is 1.84. The van der Waals surface area contributed by atoms with E-state index in [4.69, 9.17) is 0 Å². The van der Waals surface area contributed by atoms with E-state index >= 15 is 0 Å². The topological polar surface area (TPSA) is 28.0 Å². The molecular weight excluding hydrogens is 198 g/mol. The van der Waals surface area contributed by atoms with Crippen molar-refractivity contribution in [1.29, 1.82) is 0 Å². The second-order valence-corrected chi connectivity index (χ2v) is 4.66. The fourth-order valence-corrected chi connectivity index (χ4v) is 2.70. The molecule has 0 bridgehead atoms. The van der Waals surface area contributed by atoms with Crippen LogP contribution in [0, 0.1) is 0 Å². The molecule has 0 radical (unpaired) electrons. The molecule has 16 heavy (non-hydrogen) atoms. The normalized spacial score (nSPS) is 28.9. The van der Waals surface area contributed by atoms with Gasteiger partial charge >= 0.3 is 0 Å². The molecule has 0 saturated heterocycles. The molecule has 2 aliphatic rings. The van der Waals surface area contributed by atoms with Gasteiger partial charge < -0.3 is 0 Å². The zero-order valence-corrected chi connectivity index (χ0v) is 9.42. The van der Waals surface area contributed by atoms with Crippen LogP contribution in [0.1, 0.15) is 32.1 Å². The quantitative estimate of drug-likeness (QED) is 0.703. The Bertz CT molecular complexity index is 374. The predicted molar refractivity (Wildman–Crippen MR) is 64.4 cm³/mol. The fraction of sp³-hybridized carbons (Fsp3) is 0.538. The summed E-state index contributed by atoms with van der Waals surface area (Å²) in [4.78, 5) is 0. The lowest BCUT2D eigenvalue weighted by Gasteiger charge is -2.23. The first-order valence-corrected chi connectivity index (χ1v) is 6.20. The summed E-state index contributed by atoms with van der Waals surface area (Å²) >= 11 is 0. The summed E-state index contributed by atoms with van der Waals surface area (Å²) in [5.41, 5.74) is 1.18. The monoisotopic (exact) mass is 215 g/mol. The average Bonchev–Trinajstić information content (AvgIpc) is 2.60. The minimum atomic E-state index is 0.433. The van der Waals surface area contributed by atoms with Crippen molar-refractivity contribution in [3.8, 4) is 0 Å². The van der Waals surface area contributed by atoms with Gasteiger partial charge in [-0.3, -0.25) is 0 Å². The summed E-state index contributed by atoms with van der Waals surface area (Å²) in [5.74, 6) is 0. The SMILES string of the molecule is c1ccc(N2N=NC3CCCCCC32)cc1. The number of para-hydroxylation sites is 1. The molecule has 3 heteroatoms. The molecule has 0 amide bonds. The van der Waals surface area contributed by atoms with Crippen LogP contribution in [0.5, 0.6) is 0 Å². The van der Waals surface area contributed by atoms with E-state index < -0.39 is 0 Å². The Hall–Kier alpha value is -1.38. The first kappa shape index (κ1) is 9.82. The molecule has 1 aliphatic carbocycles. The molecule has 84 valence electrons. The van der Waals surface area contributed by atoms with Crippen LogP contribution in [0.4, 0.5) is 5.69 Å². The molecule has 0 N–H and O–H groups in total. The van der Waals surface area contributed by atoms with Crippen molar-refractivity contribution < 1.29 is 0 Å². The summed E-state index contributed by atoms with van der Waals surface area (Å²) in [5, 5.41) is 10.9. The van der Waals surface area contributed by atoms with Crippen LogP contribution in [-0.2, 0) is 0 Å². The minimum absolute atomic E-state index is 0.433. The van der Waals surface area contributed by atoms with Crippen molar-refractivity contribution >= 4 is 5.69 Å². The maximum Gasteiger partial charge on any atom is 0.0954 e. The molecule has 2 unspecified atom stereocenters. The number of rotatable bonds is 1. The highest BCUT2D eigenvalue weighted by Gasteiger charge is 2.33. The lowest BCUT2D eigenvalue weighted by Crippen LogP contribution is -2.33.